The van der Waals surface area contributed by atoms with Crippen molar-refractivity contribution in [2.45, 2.75) is 45.3 Å². The molecule has 1 N–H and O–H groups in total. The van der Waals surface area contributed by atoms with E-state index in [9.17, 15) is 4.39 Å². The second-order valence-electron chi connectivity index (χ2n) is 6.96. The maximum Gasteiger partial charge on any atom is 0.194 e. The summed E-state index contributed by atoms with van der Waals surface area (Å²) in [7, 11) is 1.71. The van der Waals surface area contributed by atoms with E-state index in [0.717, 1.165) is 58.1 Å². The maximum absolute atomic E-state index is 13.7. The molecule has 6 nitrogen and oxygen atoms in total. The molecule has 1 aliphatic rings. The third kappa shape index (κ3) is 7.64. The van der Waals surface area contributed by atoms with Crippen molar-refractivity contribution >= 4 is 5.96 Å². The minimum Gasteiger partial charge on any atom is -0.486 e. The van der Waals surface area contributed by atoms with Crippen molar-refractivity contribution in [3.05, 3.63) is 30.1 Å². The van der Waals surface area contributed by atoms with Crippen LogP contribution in [0, 0.1) is 5.82 Å². The molecule has 0 radical (unpaired) electrons. The largest absolute Gasteiger partial charge is 0.486 e. The summed E-state index contributed by atoms with van der Waals surface area (Å²) in [5, 5.41) is 3.35. The van der Waals surface area contributed by atoms with Crippen LogP contribution in [0.4, 0.5) is 4.39 Å². The summed E-state index contributed by atoms with van der Waals surface area (Å²) in [6, 6.07) is 6.45. The van der Waals surface area contributed by atoms with Crippen LogP contribution in [0.15, 0.2) is 29.3 Å². The minimum absolute atomic E-state index is 0.216. The number of methoxy groups -OCH3 is 1. The van der Waals surface area contributed by atoms with E-state index in [1.165, 1.54) is 6.07 Å². The summed E-state index contributed by atoms with van der Waals surface area (Å²) in [5.41, 5.74) is 0. The molecule has 1 unspecified atom stereocenters. The van der Waals surface area contributed by atoms with Crippen LogP contribution in [-0.4, -0.2) is 69.6 Å². The number of benzene rings is 1. The second kappa shape index (κ2) is 12.6. The van der Waals surface area contributed by atoms with Gasteiger partial charge in [0.1, 0.15) is 6.10 Å². The summed E-state index contributed by atoms with van der Waals surface area (Å²) < 4.78 is 30.4. The van der Waals surface area contributed by atoms with Gasteiger partial charge in [0.2, 0.25) is 0 Å². The van der Waals surface area contributed by atoms with Gasteiger partial charge in [0.15, 0.2) is 17.5 Å². The molecule has 0 amide bonds. The maximum atomic E-state index is 13.7. The van der Waals surface area contributed by atoms with Gasteiger partial charge in [-0.15, -0.1) is 0 Å². The molecule has 2 rings (SSSR count). The van der Waals surface area contributed by atoms with E-state index in [-0.39, 0.29) is 17.7 Å². The summed E-state index contributed by atoms with van der Waals surface area (Å²) in [6.07, 6.45) is 2.99. The number of aliphatic imine (C=N–C) groups is 1. The molecular formula is C21H34FN3O3. The van der Waals surface area contributed by atoms with Gasteiger partial charge in [0.25, 0.3) is 0 Å². The van der Waals surface area contributed by atoms with Gasteiger partial charge in [0.05, 0.1) is 12.6 Å². The first-order valence-electron chi connectivity index (χ1n) is 10.2. The molecule has 0 saturated carbocycles. The zero-order valence-corrected chi connectivity index (χ0v) is 17.3. The normalized spacial score (nSPS) is 16.9. The molecule has 1 saturated heterocycles. The Morgan fingerprint density at radius 2 is 2.04 bits per heavy atom. The number of para-hydroxylation sites is 1. The zero-order valence-electron chi connectivity index (χ0n) is 17.3. The molecule has 1 aromatic carbocycles. The van der Waals surface area contributed by atoms with Gasteiger partial charge in [-0.05, 0) is 45.2 Å². The lowest BCUT2D eigenvalue weighted by atomic mass is 10.1. The number of guanidine groups is 1. The molecule has 1 atom stereocenters. The Balaban J connectivity index is 1.81. The lowest BCUT2D eigenvalue weighted by Crippen LogP contribution is -2.47. The van der Waals surface area contributed by atoms with Gasteiger partial charge < -0.3 is 24.4 Å². The summed E-state index contributed by atoms with van der Waals surface area (Å²) >= 11 is 0. The predicted octanol–water partition coefficient (Wildman–Crippen LogP) is 3.08. The Morgan fingerprint density at radius 1 is 1.29 bits per heavy atom. The highest BCUT2D eigenvalue weighted by Crippen LogP contribution is 2.17. The molecule has 1 heterocycles. The van der Waals surface area contributed by atoms with Crippen LogP contribution < -0.4 is 10.1 Å². The quantitative estimate of drug-likeness (QED) is 0.375. The molecule has 28 heavy (non-hydrogen) atoms. The molecule has 1 aliphatic heterocycles. The summed E-state index contributed by atoms with van der Waals surface area (Å²) in [6.45, 7) is 8.52. The highest BCUT2D eigenvalue weighted by molar-refractivity contribution is 5.80. The van der Waals surface area contributed by atoms with Crippen molar-refractivity contribution in [2.24, 2.45) is 4.99 Å². The van der Waals surface area contributed by atoms with E-state index < -0.39 is 0 Å². The zero-order chi connectivity index (χ0) is 20.2. The van der Waals surface area contributed by atoms with Crippen LogP contribution >= 0.6 is 0 Å². The lowest BCUT2D eigenvalue weighted by molar-refractivity contribution is 0.00988. The first kappa shape index (κ1) is 22.4. The molecule has 0 aliphatic carbocycles. The number of hydrogen-bond donors (Lipinski definition) is 1. The number of hydrogen-bond acceptors (Lipinski definition) is 4. The van der Waals surface area contributed by atoms with Crippen LogP contribution in [0.25, 0.3) is 0 Å². The number of rotatable bonds is 10. The fourth-order valence-electron chi connectivity index (χ4n) is 3.12. The molecule has 158 valence electrons. The van der Waals surface area contributed by atoms with Gasteiger partial charge in [-0.1, -0.05) is 12.1 Å². The predicted molar refractivity (Wildman–Crippen MR) is 110 cm³/mol. The average Bonchev–Trinajstić information content (AvgIpc) is 2.71. The van der Waals surface area contributed by atoms with E-state index >= 15 is 0 Å². The second-order valence-corrected chi connectivity index (χ2v) is 6.96. The van der Waals surface area contributed by atoms with E-state index in [1.54, 1.807) is 25.3 Å². The molecule has 0 bridgehead atoms. The molecular weight excluding hydrogens is 361 g/mol. The van der Waals surface area contributed by atoms with E-state index in [1.807, 2.05) is 6.92 Å². The van der Waals surface area contributed by atoms with Gasteiger partial charge >= 0.3 is 0 Å². The minimum atomic E-state index is -0.349. The van der Waals surface area contributed by atoms with Crippen molar-refractivity contribution < 1.29 is 18.6 Å². The highest BCUT2D eigenvalue weighted by atomic mass is 19.1. The van der Waals surface area contributed by atoms with Crippen LogP contribution in [0.5, 0.6) is 5.75 Å². The molecule has 0 aromatic heterocycles. The summed E-state index contributed by atoms with van der Waals surface area (Å²) in [4.78, 5) is 6.96. The van der Waals surface area contributed by atoms with Crippen molar-refractivity contribution in [1.29, 1.82) is 0 Å². The van der Waals surface area contributed by atoms with Crippen molar-refractivity contribution in [3.63, 3.8) is 0 Å². The third-order valence-corrected chi connectivity index (χ3v) is 4.59. The lowest BCUT2D eigenvalue weighted by Gasteiger charge is -2.34. The summed E-state index contributed by atoms with van der Waals surface area (Å²) in [5.74, 6) is 0.795. The van der Waals surface area contributed by atoms with Gasteiger partial charge in [-0.25, -0.2) is 9.38 Å². The van der Waals surface area contributed by atoms with Crippen molar-refractivity contribution in [2.75, 3.05) is 46.5 Å². The van der Waals surface area contributed by atoms with Gasteiger partial charge in [-0.2, -0.15) is 0 Å². The SMILES string of the molecule is CCNC(=NCC(C)Oc1ccccc1F)N1CCC(OCCCOC)CC1. The topological polar surface area (TPSA) is 55.3 Å². The number of likely N-dealkylation sites (tertiary alicyclic amines) is 1. The molecule has 1 fully saturated rings. The standard InChI is InChI=1S/C21H34FN3O3/c1-4-23-21(24-16-17(2)28-20-9-6-5-8-19(20)22)25-12-10-18(11-13-25)27-15-7-14-26-3/h5-6,8-9,17-18H,4,7,10-16H2,1-3H3,(H,23,24). The number of ether oxygens (including phenoxy) is 3. The fraction of sp³-hybridized carbons (Fsp3) is 0.667. The van der Waals surface area contributed by atoms with E-state index in [4.69, 9.17) is 19.2 Å². The van der Waals surface area contributed by atoms with E-state index in [2.05, 4.69) is 17.1 Å². The first-order valence-corrected chi connectivity index (χ1v) is 10.2. The number of nitrogens with one attached hydrogen (secondary N) is 1. The molecule has 1 aromatic rings. The Morgan fingerprint density at radius 3 is 2.71 bits per heavy atom. The third-order valence-electron chi connectivity index (χ3n) is 4.59. The van der Waals surface area contributed by atoms with Crippen LogP contribution in [0.1, 0.15) is 33.1 Å². The van der Waals surface area contributed by atoms with E-state index in [0.29, 0.717) is 12.6 Å². The Kier molecular flexibility index (Phi) is 10.1. The molecule has 7 heteroatoms. The number of piperidine rings is 1. The average molecular weight is 396 g/mol. The Hall–Kier alpha value is -1.86. The number of nitrogens with zero attached hydrogens (tertiary/aromatic N) is 2. The monoisotopic (exact) mass is 395 g/mol. The van der Waals surface area contributed by atoms with Gasteiger partial charge in [-0.3, -0.25) is 0 Å². The van der Waals surface area contributed by atoms with Crippen molar-refractivity contribution in [3.8, 4) is 5.75 Å². The smallest absolute Gasteiger partial charge is 0.194 e. The van der Waals surface area contributed by atoms with Crippen molar-refractivity contribution in [1.82, 2.24) is 10.2 Å². The van der Waals surface area contributed by atoms with Gasteiger partial charge in [0, 0.05) is 40.0 Å². The van der Waals surface area contributed by atoms with Crippen LogP contribution in [0.2, 0.25) is 0 Å². The molecule has 0 spiro atoms. The number of halogens is 1. The Bertz CT molecular complexity index is 592. The van der Waals surface area contributed by atoms with Crippen LogP contribution in [-0.2, 0) is 9.47 Å². The van der Waals surface area contributed by atoms with Crippen LogP contribution in [0.3, 0.4) is 0 Å². The Labute approximate surface area is 168 Å². The highest BCUT2D eigenvalue weighted by Gasteiger charge is 2.22. The first-order chi connectivity index (χ1) is 13.6. The fourth-order valence-corrected chi connectivity index (χ4v) is 3.12.